The summed E-state index contributed by atoms with van der Waals surface area (Å²) in [4.78, 5) is 14.3. The van der Waals surface area contributed by atoms with Crippen molar-refractivity contribution in [3.63, 3.8) is 0 Å². The van der Waals surface area contributed by atoms with Gasteiger partial charge < -0.3 is 14.5 Å². The van der Waals surface area contributed by atoms with Gasteiger partial charge in [-0.1, -0.05) is 12.1 Å². The van der Waals surface area contributed by atoms with E-state index in [0.717, 1.165) is 25.2 Å². The topological polar surface area (TPSA) is 54.7 Å². The van der Waals surface area contributed by atoms with E-state index in [4.69, 9.17) is 9.15 Å². The Bertz CT molecular complexity index is 752. The fourth-order valence-electron chi connectivity index (χ4n) is 2.70. The number of hydrogen-bond acceptors (Lipinski definition) is 4. The van der Waals surface area contributed by atoms with Gasteiger partial charge in [0.15, 0.2) is 5.76 Å². The van der Waals surface area contributed by atoms with Crippen LogP contribution < -0.4 is 5.32 Å². The predicted octanol–water partition coefficient (Wildman–Crippen LogP) is 3.03. The zero-order valence-electron chi connectivity index (χ0n) is 14.0. The standard InChI is InChI=1S/C18H19F3N2O3/c19-18(20,21)14-3-1-2-13(12-14)15-4-5-16(26-15)17(24)22-6-7-23-8-10-25-11-9-23/h1-5,12H,6-11H2,(H,22,24). The van der Waals surface area contributed by atoms with Gasteiger partial charge in [0.1, 0.15) is 5.76 Å². The van der Waals surface area contributed by atoms with Crippen molar-refractivity contribution in [1.82, 2.24) is 10.2 Å². The summed E-state index contributed by atoms with van der Waals surface area (Å²) < 4.78 is 49.1. The quantitative estimate of drug-likeness (QED) is 0.882. The van der Waals surface area contributed by atoms with Crippen LogP contribution in [0.4, 0.5) is 13.2 Å². The lowest BCUT2D eigenvalue weighted by Gasteiger charge is -2.26. The minimum absolute atomic E-state index is 0.0689. The summed E-state index contributed by atoms with van der Waals surface area (Å²) in [5.74, 6) is -0.106. The van der Waals surface area contributed by atoms with Crippen molar-refractivity contribution in [2.45, 2.75) is 6.18 Å². The van der Waals surface area contributed by atoms with Gasteiger partial charge in [-0.25, -0.2) is 0 Å². The Labute approximate surface area is 148 Å². The highest BCUT2D eigenvalue weighted by atomic mass is 19.4. The number of alkyl halides is 3. The molecular formula is C18H19F3N2O3. The van der Waals surface area contributed by atoms with Gasteiger partial charge in [-0.3, -0.25) is 9.69 Å². The van der Waals surface area contributed by atoms with Crippen molar-refractivity contribution in [3.05, 3.63) is 47.7 Å². The molecule has 1 fully saturated rings. The third-order valence-corrected chi connectivity index (χ3v) is 4.12. The number of benzene rings is 1. The summed E-state index contributed by atoms with van der Waals surface area (Å²) in [5.41, 5.74) is -0.491. The molecule has 140 valence electrons. The number of hydrogen-bond donors (Lipinski definition) is 1. The van der Waals surface area contributed by atoms with E-state index in [1.165, 1.54) is 24.3 Å². The summed E-state index contributed by atoms with van der Waals surface area (Å²) in [6.07, 6.45) is -4.43. The van der Waals surface area contributed by atoms with E-state index in [9.17, 15) is 18.0 Å². The molecule has 1 N–H and O–H groups in total. The number of nitrogens with one attached hydrogen (secondary N) is 1. The van der Waals surface area contributed by atoms with Crippen molar-refractivity contribution in [3.8, 4) is 11.3 Å². The van der Waals surface area contributed by atoms with Gasteiger partial charge in [-0.15, -0.1) is 0 Å². The van der Waals surface area contributed by atoms with E-state index in [2.05, 4.69) is 10.2 Å². The highest BCUT2D eigenvalue weighted by Gasteiger charge is 2.30. The molecule has 0 saturated carbocycles. The Balaban J connectivity index is 1.59. The molecule has 0 aliphatic carbocycles. The van der Waals surface area contributed by atoms with E-state index in [1.54, 1.807) is 0 Å². The number of amides is 1. The molecule has 2 aromatic rings. The average Bonchev–Trinajstić information content (AvgIpc) is 3.12. The number of furan rings is 1. The van der Waals surface area contributed by atoms with E-state index in [0.29, 0.717) is 26.3 Å². The third kappa shape index (κ3) is 4.64. The van der Waals surface area contributed by atoms with Crippen LogP contribution in [0.15, 0.2) is 40.8 Å². The van der Waals surface area contributed by atoms with E-state index in [1.807, 2.05) is 0 Å². The molecule has 1 aromatic heterocycles. The smallest absolute Gasteiger partial charge is 0.416 e. The van der Waals surface area contributed by atoms with Crippen LogP contribution in [0.5, 0.6) is 0 Å². The van der Waals surface area contributed by atoms with Crippen LogP contribution in [0.2, 0.25) is 0 Å². The number of ether oxygens (including phenoxy) is 1. The summed E-state index contributed by atoms with van der Waals surface area (Å²) in [7, 11) is 0. The summed E-state index contributed by atoms with van der Waals surface area (Å²) in [6, 6.07) is 7.76. The van der Waals surface area contributed by atoms with Crippen molar-refractivity contribution in [1.29, 1.82) is 0 Å². The third-order valence-electron chi connectivity index (χ3n) is 4.12. The first kappa shape index (κ1) is 18.5. The molecule has 8 heteroatoms. The van der Waals surface area contributed by atoms with Crippen LogP contribution in [-0.4, -0.2) is 50.2 Å². The lowest BCUT2D eigenvalue weighted by atomic mass is 10.1. The number of rotatable bonds is 5. The molecule has 26 heavy (non-hydrogen) atoms. The van der Waals surface area contributed by atoms with Crippen molar-refractivity contribution >= 4 is 5.91 Å². The van der Waals surface area contributed by atoms with Gasteiger partial charge in [0.2, 0.25) is 0 Å². The van der Waals surface area contributed by atoms with Crippen molar-refractivity contribution in [2.24, 2.45) is 0 Å². The van der Waals surface area contributed by atoms with Crippen molar-refractivity contribution < 1.29 is 27.1 Å². The van der Waals surface area contributed by atoms with Crippen LogP contribution >= 0.6 is 0 Å². The molecule has 3 rings (SSSR count). The Morgan fingerprint density at radius 1 is 1.15 bits per heavy atom. The lowest BCUT2D eigenvalue weighted by Crippen LogP contribution is -2.41. The molecular weight excluding hydrogens is 349 g/mol. The minimum Gasteiger partial charge on any atom is -0.451 e. The fourth-order valence-corrected chi connectivity index (χ4v) is 2.70. The Morgan fingerprint density at radius 3 is 2.65 bits per heavy atom. The molecule has 1 amide bonds. The molecule has 0 atom stereocenters. The molecule has 0 radical (unpaired) electrons. The first-order valence-electron chi connectivity index (χ1n) is 8.29. The summed E-state index contributed by atoms with van der Waals surface area (Å²) >= 11 is 0. The van der Waals surface area contributed by atoms with Gasteiger partial charge in [0, 0.05) is 31.7 Å². The number of carbonyl (C=O) groups excluding carboxylic acids is 1. The molecule has 0 unspecified atom stereocenters. The van der Waals surface area contributed by atoms with Crippen LogP contribution in [0.1, 0.15) is 16.1 Å². The molecule has 2 heterocycles. The molecule has 0 spiro atoms. The van der Waals surface area contributed by atoms with Crippen LogP contribution in [0, 0.1) is 0 Å². The number of carbonyl (C=O) groups is 1. The van der Waals surface area contributed by atoms with E-state index >= 15 is 0 Å². The number of halogens is 3. The van der Waals surface area contributed by atoms with Crippen LogP contribution in [-0.2, 0) is 10.9 Å². The first-order chi connectivity index (χ1) is 12.4. The maximum atomic E-state index is 12.8. The Kier molecular flexibility index (Phi) is 5.63. The molecule has 1 aliphatic heterocycles. The molecule has 1 aromatic carbocycles. The molecule has 1 saturated heterocycles. The zero-order chi connectivity index (χ0) is 18.6. The molecule has 0 bridgehead atoms. The normalized spacial score (nSPS) is 15.8. The highest BCUT2D eigenvalue weighted by Crippen LogP contribution is 2.32. The van der Waals surface area contributed by atoms with Gasteiger partial charge in [-0.2, -0.15) is 13.2 Å². The number of morpholine rings is 1. The largest absolute Gasteiger partial charge is 0.451 e. The van der Waals surface area contributed by atoms with E-state index < -0.39 is 17.6 Å². The summed E-state index contributed by atoms with van der Waals surface area (Å²) in [5, 5.41) is 2.75. The van der Waals surface area contributed by atoms with Gasteiger partial charge in [0.05, 0.1) is 18.8 Å². The summed E-state index contributed by atoms with van der Waals surface area (Å²) in [6.45, 7) is 4.19. The SMILES string of the molecule is O=C(NCCN1CCOCC1)c1ccc(-c2cccc(C(F)(F)F)c2)o1. The van der Waals surface area contributed by atoms with Gasteiger partial charge in [0.25, 0.3) is 5.91 Å². The average molecular weight is 368 g/mol. The minimum atomic E-state index is -4.43. The zero-order valence-corrected chi connectivity index (χ0v) is 14.0. The monoisotopic (exact) mass is 368 g/mol. The highest BCUT2D eigenvalue weighted by molar-refractivity contribution is 5.92. The first-order valence-corrected chi connectivity index (χ1v) is 8.29. The van der Waals surface area contributed by atoms with Crippen LogP contribution in [0.25, 0.3) is 11.3 Å². The molecule has 5 nitrogen and oxygen atoms in total. The number of nitrogens with zero attached hydrogens (tertiary/aromatic N) is 1. The maximum absolute atomic E-state index is 12.8. The fraction of sp³-hybridized carbons (Fsp3) is 0.389. The lowest BCUT2D eigenvalue weighted by molar-refractivity contribution is -0.137. The second-order valence-electron chi connectivity index (χ2n) is 5.95. The maximum Gasteiger partial charge on any atom is 0.416 e. The van der Waals surface area contributed by atoms with Crippen LogP contribution in [0.3, 0.4) is 0 Å². The van der Waals surface area contributed by atoms with Gasteiger partial charge >= 0.3 is 6.18 Å². The van der Waals surface area contributed by atoms with Crippen molar-refractivity contribution in [2.75, 3.05) is 39.4 Å². The van der Waals surface area contributed by atoms with E-state index in [-0.39, 0.29) is 17.1 Å². The second kappa shape index (κ2) is 7.92. The Hall–Kier alpha value is -2.32. The Morgan fingerprint density at radius 2 is 1.92 bits per heavy atom. The molecule has 1 aliphatic rings. The van der Waals surface area contributed by atoms with Gasteiger partial charge in [-0.05, 0) is 24.3 Å². The predicted molar refractivity (Wildman–Crippen MR) is 88.7 cm³/mol. The second-order valence-corrected chi connectivity index (χ2v) is 5.95.